The third-order valence-corrected chi connectivity index (χ3v) is 12.9. The van der Waals surface area contributed by atoms with Crippen molar-refractivity contribution < 1.29 is 0 Å². The zero-order valence-corrected chi connectivity index (χ0v) is 38.3. The minimum absolute atomic E-state index is 0.0353. The number of hydrogen-bond donors (Lipinski definition) is 0. The minimum atomic E-state index is -0.0360. The fraction of sp³-hybridized carbons (Fsp3) is 0.288. The van der Waals surface area contributed by atoms with Crippen LogP contribution in [0.1, 0.15) is 103 Å². The van der Waals surface area contributed by atoms with Crippen LogP contribution in [0.4, 0.5) is 0 Å². The third-order valence-electron chi connectivity index (χ3n) is 12.9. The van der Waals surface area contributed by atoms with E-state index in [0.29, 0.717) is 0 Å². The Balaban J connectivity index is 1.85. The maximum Gasteiger partial charge on any atom is -0.0000984 e. The maximum atomic E-state index is 2.54. The fourth-order valence-electron chi connectivity index (χ4n) is 10.2. The molecule has 8 rings (SSSR count). The second-order valence-corrected chi connectivity index (χ2v) is 20.0. The van der Waals surface area contributed by atoms with Crippen LogP contribution in [-0.2, 0) is 10.8 Å². The Bertz CT molecular complexity index is 2960. The standard InChI is InChI=1S/C59H62/c1-33-16-19-42(20-17-33)52-46-24-21-44(59(13,14)15)32-49(46)55(51-40(8)29-36(4)30-41(51)9)57-54(50-38(6)27-35(3)28-39(50)7)47-25-22-43(58(10,11)12)31-48(47)53(56(52)57)45-23-18-34(2)26-37(45)5/h16-32H,1-15H3. The first-order valence-corrected chi connectivity index (χ1v) is 21.6. The zero-order chi connectivity index (χ0) is 42.5. The Labute approximate surface area is 354 Å². The predicted molar refractivity (Wildman–Crippen MR) is 261 cm³/mol. The summed E-state index contributed by atoms with van der Waals surface area (Å²) in [5.41, 5.74) is 24.8. The summed E-state index contributed by atoms with van der Waals surface area (Å²) in [5.74, 6) is 0. The predicted octanol–water partition coefficient (Wildman–Crippen LogP) is 17.2. The molecule has 0 aliphatic rings. The van der Waals surface area contributed by atoms with E-state index >= 15 is 0 Å². The highest BCUT2D eigenvalue weighted by atomic mass is 14.3. The lowest BCUT2D eigenvalue weighted by atomic mass is 9.73. The normalized spacial score (nSPS) is 12.3. The van der Waals surface area contributed by atoms with Gasteiger partial charge >= 0.3 is 0 Å². The van der Waals surface area contributed by atoms with Gasteiger partial charge in [0.25, 0.3) is 0 Å². The molecule has 0 radical (unpaired) electrons. The summed E-state index contributed by atoms with van der Waals surface area (Å²) in [5, 5.41) is 7.91. The molecular formula is C59H62. The van der Waals surface area contributed by atoms with Crippen LogP contribution in [0.25, 0.3) is 76.8 Å². The molecule has 0 heterocycles. The Morgan fingerprint density at radius 3 is 1.14 bits per heavy atom. The Morgan fingerprint density at radius 1 is 0.288 bits per heavy atom. The zero-order valence-electron chi connectivity index (χ0n) is 38.3. The van der Waals surface area contributed by atoms with Gasteiger partial charge in [-0.25, -0.2) is 0 Å². The summed E-state index contributed by atoms with van der Waals surface area (Å²) < 4.78 is 0. The number of aryl methyl sites for hydroxylation is 9. The molecular weight excluding hydrogens is 709 g/mol. The molecule has 0 nitrogen and oxygen atoms in total. The maximum absolute atomic E-state index is 2.54. The van der Waals surface area contributed by atoms with Crippen LogP contribution >= 0.6 is 0 Å². The van der Waals surface area contributed by atoms with Crippen LogP contribution in [0, 0.1) is 62.3 Å². The van der Waals surface area contributed by atoms with Crippen molar-refractivity contribution in [1.82, 2.24) is 0 Å². The highest BCUT2D eigenvalue weighted by molar-refractivity contribution is 6.34. The van der Waals surface area contributed by atoms with E-state index in [1.165, 1.54) is 138 Å². The quantitative estimate of drug-likeness (QED) is 0.156. The fourth-order valence-corrected chi connectivity index (χ4v) is 10.2. The van der Waals surface area contributed by atoms with Gasteiger partial charge in [0.05, 0.1) is 0 Å². The molecule has 0 unspecified atom stereocenters. The molecule has 0 heteroatoms. The summed E-state index contributed by atoms with van der Waals surface area (Å²) >= 11 is 0. The smallest absolute Gasteiger partial charge is 0.0000984 e. The second-order valence-electron chi connectivity index (χ2n) is 20.0. The molecule has 0 saturated heterocycles. The van der Waals surface area contributed by atoms with Gasteiger partial charge in [-0.1, -0.05) is 155 Å². The van der Waals surface area contributed by atoms with Gasteiger partial charge in [-0.3, -0.25) is 0 Å². The largest absolute Gasteiger partial charge is 0.0587 e. The molecule has 0 bridgehead atoms. The summed E-state index contributed by atoms with van der Waals surface area (Å²) in [6, 6.07) is 40.8. The average Bonchev–Trinajstić information content (AvgIpc) is 3.13. The monoisotopic (exact) mass is 770 g/mol. The van der Waals surface area contributed by atoms with Crippen molar-refractivity contribution in [2.24, 2.45) is 0 Å². The lowest BCUT2D eigenvalue weighted by molar-refractivity contribution is 0.591. The van der Waals surface area contributed by atoms with E-state index in [0.717, 1.165) is 0 Å². The van der Waals surface area contributed by atoms with Crippen molar-refractivity contribution in [2.45, 2.75) is 115 Å². The van der Waals surface area contributed by atoms with Crippen molar-refractivity contribution in [1.29, 1.82) is 0 Å². The SMILES string of the molecule is Cc1ccc(-c2c3ccc(C(C)(C)C)cc3c(-c3c(C)cc(C)cc3C)c3c(-c4c(C)cc(C)cc4C)c4ccc(C(C)(C)C)cc4c(-c4ccc(C)cc4C)c23)cc1. The third kappa shape index (κ3) is 6.89. The van der Waals surface area contributed by atoms with Gasteiger partial charge in [-0.2, -0.15) is 0 Å². The van der Waals surface area contributed by atoms with Crippen molar-refractivity contribution in [3.05, 3.63) is 164 Å². The molecule has 59 heavy (non-hydrogen) atoms. The lowest BCUT2D eigenvalue weighted by Gasteiger charge is -2.30. The summed E-state index contributed by atoms with van der Waals surface area (Å²) in [4.78, 5) is 0. The van der Waals surface area contributed by atoms with E-state index in [-0.39, 0.29) is 10.8 Å². The molecule has 0 aliphatic heterocycles. The van der Waals surface area contributed by atoms with Gasteiger partial charge in [0.1, 0.15) is 0 Å². The molecule has 8 aromatic carbocycles. The summed E-state index contributed by atoms with van der Waals surface area (Å²) in [7, 11) is 0. The molecule has 0 atom stereocenters. The minimum Gasteiger partial charge on any atom is -0.0587 e. The van der Waals surface area contributed by atoms with E-state index in [4.69, 9.17) is 0 Å². The van der Waals surface area contributed by atoms with E-state index in [1.54, 1.807) is 0 Å². The summed E-state index contributed by atoms with van der Waals surface area (Å²) in [6.45, 7) is 34.6. The van der Waals surface area contributed by atoms with Crippen molar-refractivity contribution in [3.8, 4) is 44.5 Å². The van der Waals surface area contributed by atoms with Gasteiger partial charge in [0.15, 0.2) is 0 Å². The highest BCUT2D eigenvalue weighted by Gasteiger charge is 2.30. The van der Waals surface area contributed by atoms with Crippen LogP contribution in [0.15, 0.2) is 103 Å². The number of fused-ring (bicyclic) bond motifs is 3. The van der Waals surface area contributed by atoms with E-state index in [2.05, 4.69) is 207 Å². The van der Waals surface area contributed by atoms with Crippen LogP contribution in [-0.4, -0.2) is 0 Å². The first-order chi connectivity index (χ1) is 27.7. The van der Waals surface area contributed by atoms with Crippen LogP contribution in [0.5, 0.6) is 0 Å². The summed E-state index contributed by atoms with van der Waals surface area (Å²) in [6.07, 6.45) is 0. The van der Waals surface area contributed by atoms with Gasteiger partial charge in [-0.05, 0) is 201 Å². The topological polar surface area (TPSA) is 0 Å². The first kappa shape index (κ1) is 40.3. The molecule has 0 N–H and O–H groups in total. The molecule has 0 aromatic heterocycles. The number of hydrogen-bond acceptors (Lipinski definition) is 0. The highest BCUT2D eigenvalue weighted by Crippen LogP contribution is 2.56. The molecule has 0 amide bonds. The Kier molecular flexibility index (Phi) is 9.82. The Morgan fingerprint density at radius 2 is 0.678 bits per heavy atom. The molecule has 298 valence electrons. The molecule has 0 spiro atoms. The molecule has 0 fully saturated rings. The van der Waals surface area contributed by atoms with Crippen LogP contribution < -0.4 is 0 Å². The number of benzene rings is 8. The van der Waals surface area contributed by atoms with E-state index in [9.17, 15) is 0 Å². The first-order valence-electron chi connectivity index (χ1n) is 21.6. The average molecular weight is 771 g/mol. The molecule has 0 aliphatic carbocycles. The Hall–Kier alpha value is -5.46. The van der Waals surface area contributed by atoms with Crippen LogP contribution in [0.3, 0.4) is 0 Å². The lowest BCUT2D eigenvalue weighted by Crippen LogP contribution is -2.11. The molecule has 0 saturated carbocycles. The van der Waals surface area contributed by atoms with Gasteiger partial charge < -0.3 is 0 Å². The van der Waals surface area contributed by atoms with Gasteiger partial charge in [0, 0.05) is 0 Å². The van der Waals surface area contributed by atoms with Crippen molar-refractivity contribution in [3.63, 3.8) is 0 Å². The van der Waals surface area contributed by atoms with Crippen molar-refractivity contribution in [2.75, 3.05) is 0 Å². The number of rotatable bonds is 4. The van der Waals surface area contributed by atoms with E-state index in [1.807, 2.05) is 0 Å². The second kappa shape index (κ2) is 14.4. The van der Waals surface area contributed by atoms with E-state index < -0.39 is 0 Å². The molecule has 8 aromatic rings. The van der Waals surface area contributed by atoms with Gasteiger partial charge in [0.2, 0.25) is 0 Å². The van der Waals surface area contributed by atoms with Crippen molar-refractivity contribution >= 4 is 32.3 Å². The van der Waals surface area contributed by atoms with Gasteiger partial charge in [-0.15, -0.1) is 0 Å². The van der Waals surface area contributed by atoms with Crippen LogP contribution in [0.2, 0.25) is 0 Å².